The minimum Gasteiger partial charge on any atom is -0.508 e. The van der Waals surface area contributed by atoms with E-state index < -0.39 is 40.7 Å². The molecule has 0 bridgehead atoms. The lowest BCUT2D eigenvalue weighted by Gasteiger charge is -2.05. The highest BCUT2D eigenvalue weighted by molar-refractivity contribution is 5.96. The van der Waals surface area contributed by atoms with Gasteiger partial charge in [-0.15, -0.1) is 5.11 Å². The predicted molar refractivity (Wildman–Crippen MR) is 117 cm³/mol. The number of carboxylic acid groups (broad SMARTS) is 3. The van der Waals surface area contributed by atoms with Crippen molar-refractivity contribution >= 4 is 41.4 Å². The first-order valence-corrected chi connectivity index (χ1v) is 9.25. The summed E-state index contributed by atoms with van der Waals surface area (Å²) in [6.07, 6.45) is 3.15. The predicted octanol–water partition coefficient (Wildman–Crippen LogP) is 4.78. The third-order valence-electron chi connectivity index (χ3n) is 4.45. The van der Waals surface area contributed by atoms with E-state index in [1.165, 1.54) is 36.4 Å². The highest BCUT2D eigenvalue weighted by atomic mass is 16.4. The topological polar surface area (TPSA) is 177 Å². The van der Waals surface area contributed by atoms with Gasteiger partial charge in [-0.05, 0) is 41.5 Å². The number of azo groups is 1. The molecule has 10 heteroatoms. The Bertz CT molecular complexity index is 1310. The molecule has 0 spiro atoms. The van der Waals surface area contributed by atoms with Crippen molar-refractivity contribution in [2.75, 3.05) is 0 Å². The second-order valence-electron chi connectivity index (χ2n) is 6.70. The van der Waals surface area contributed by atoms with E-state index in [2.05, 4.69) is 10.2 Å². The van der Waals surface area contributed by atoms with E-state index in [0.717, 1.165) is 12.1 Å². The Hall–Kier alpha value is -4.99. The van der Waals surface area contributed by atoms with Crippen LogP contribution in [0.15, 0.2) is 64.8 Å². The Balaban J connectivity index is 1.92. The van der Waals surface area contributed by atoms with Crippen LogP contribution in [0.4, 0.5) is 11.4 Å². The molecule has 0 saturated heterocycles. The van der Waals surface area contributed by atoms with Gasteiger partial charge in [0.05, 0.1) is 22.4 Å². The third-order valence-corrected chi connectivity index (χ3v) is 4.45. The number of carbonyl (C=O) groups is 3. The molecular formula is C23H16N2O8. The molecule has 0 fully saturated rings. The van der Waals surface area contributed by atoms with Crippen molar-refractivity contribution in [1.82, 2.24) is 0 Å². The minimum atomic E-state index is -1.45. The Morgan fingerprint density at radius 1 is 0.697 bits per heavy atom. The quantitative estimate of drug-likeness (QED) is 0.253. The maximum absolute atomic E-state index is 11.7. The largest absolute Gasteiger partial charge is 0.508 e. The zero-order valence-electron chi connectivity index (χ0n) is 16.7. The molecule has 3 rings (SSSR count). The molecule has 0 atom stereocenters. The number of benzene rings is 3. The van der Waals surface area contributed by atoms with E-state index in [1.807, 2.05) is 0 Å². The van der Waals surface area contributed by atoms with E-state index >= 15 is 0 Å². The molecule has 3 aromatic rings. The van der Waals surface area contributed by atoms with Crippen molar-refractivity contribution in [3.8, 4) is 11.5 Å². The number of aromatic hydroxyl groups is 2. The maximum Gasteiger partial charge on any atom is 0.338 e. The van der Waals surface area contributed by atoms with Gasteiger partial charge in [0.15, 0.2) is 0 Å². The van der Waals surface area contributed by atoms with Crippen LogP contribution in [0.2, 0.25) is 0 Å². The van der Waals surface area contributed by atoms with Crippen LogP contribution in [-0.4, -0.2) is 43.4 Å². The average molecular weight is 448 g/mol. The Morgan fingerprint density at radius 2 is 1.36 bits per heavy atom. The van der Waals surface area contributed by atoms with Crippen molar-refractivity contribution in [2.24, 2.45) is 10.2 Å². The molecule has 0 aliphatic rings. The second-order valence-corrected chi connectivity index (χ2v) is 6.70. The van der Waals surface area contributed by atoms with Crippen LogP contribution in [0.3, 0.4) is 0 Å². The lowest BCUT2D eigenvalue weighted by molar-refractivity contribution is 0.0686. The van der Waals surface area contributed by atoms with E-state index in [1.54, 1.807) is 18.2 Å². The van der Waals surface area contributed by atoms with Gasteiger partial charge >= 0.3 is 17.9 Å². The van der Waals surface area contributed by atoms with Crippen molar-refractivity contribution in [3.63, 3.8) is 0 Å². The van der Waals surface area contributed by atoms with Crippen molar-refractivity contribution < 1.29 is 39.9 Å². The number of hydrogen-bond donors (Lipinski definition) is 5. The molecule has 0 unspecified atom stereocenters. The fourth-order valence-corrected chi connectivity index (χ4v) is 2.84. The molecule has 0 radical (unpaired) electrons. The van der Waals surface area contributed by atoms with Crippen LogP contribution in [0.5, 0.6) is 11.5 Å². The monoisotopic (exact) mass is 448 g/mol. The smallest absolute Gasteiger partial charge is 0.338 e. The lowest BCUT2D eigenvalue weighted by atomic mass is 10.0. The summed E-state index contributed by atoms with van der Waals surface area (Å²) >= 11 is 0. The minimum absolute atomic E-state index is 0.0826. The van der Waals surface area contributed by atoms with Crippen LogP contribution in [0.1, 0.15) is 42.2 Å². The summed E-state index contributed by atoms with van der Waals surface area (Å²) in [6.45, 7) is 0. The summed E-state index contributed by atoms with van der Waals surface area (Å²) in [4.78, 5) is 33.9. The van der Waals surface area contributed by atoms with Gasteiger partial charge in [-0.3, -0.25) is 0 Å². The summed E-state index contributed by atoms with van der Waals surface area (Å²) in [6, 6.07) is 11.9. The number of phenols is 2. The van der Waals surface area contributed by atoms with Gasteiger partial charge in [-0.2, -0.15) is 5.11 Å². The fourth-order valence-electron chi connectivity index (χ4n) is 2.84. The summed E-state index contributed by atoms with van der Waals surface area (Å²) in [5.74, 6) is -4.82. The molecule has 3 aromatic carbocycles. The number of hydrogen-bond acceptors (Lipinski definition) is 7. The van der Waals surface area contributed by atoms with Gasteiger partial charge in [0.25, 0.3) is 0 Å². The van der Waals surface area contributed by atoms with Gasteiger partial charge in [-0.25, -0.2) is 14.4 Å². The van der Waals surface area contributed by atoms with E-state index in [9.17, 15) is 34.8 Å². The number of nitrogens with zero attached hydrogens (tertiary/aromatic N) is 2. The lowest BCUT2D eigenvalue weighted by Crippen LogP contribution is -1.99. The zero-order valence-corrected chi connectivity index (χ0v) is 16.7. The van der Waals surface area contributed by atoms with Crippen LogP contribution in [0.25, 0.3) is 12.2 Å². The Morgan fingerprint density at radius 3 is 1.97 bits per heavy atom. The molecular weight excluding hydrogens is 432 g/mol. The molecule has 5 N–H and O–H groups in total. The molecule has 0 aliphatic carbocycles. The SMILES string of the molecule is O=C(O)c1ccc(/C=C/c2ccc(N=Nc3c(O)cc(O)cc3C(=O)O)cc2C(=O)O)cc1. The average Bonchev–Trinajstić information content (AvgIpc) is 2.77. The first-order valence-electron chi connectivity index (χ1n) is 9.25. The highest BCUT2D eigenvalue weighted by Gasteiger charge is 2.16. The number of rotatable bonds is 7. The zero-order chi connectivity index (χ0) is 24.1. The number of carboxylic acids is 3. The normalized spacial score (nSPS) is 11.2. The van der Waals surface area contributed by atoms with Gasteiger partial charge in [-0.1, -0.05) is 30.4 Å². The highest BCUT2D eigenvalue weighted by Crippen LogP contribution is 2.36. The standard InChI is InChI=1S/C23H16N2O8/c26-16-10-18(23(32)33)20(19(27)11-16)25-24-15-8-7-13(17(9-15)22(30)31)4-1-12-2-5-14(6-3-12)21(28)29/h1-11,26-27H,(H,28,29)(H,30,31)(H,32,33)/b4-1+,25-24?. The van der Waals surface area contributed by atoms with E-state index in [4.69, 9.17) is 5.11 Å². The van der Waals surface area contributed by atoms with Crippen molar-refractivity contribution in [2.45, 2.75) is 0 Å². The van der Waals surface area contributed by atoms with E-state index in [0.29, 0.717) is 11.1 Å². The molecule has 0 aliphatic heterocycles. The third kappa shape index (κ3) is 5.39. The van der Waals surface area contributed by atoms with Gasteiger partial charge in [0, 0.05) is 6.07 Å². The van der Waals surface area contributed by atoms with Crippen LogP contribution >= 0.6 is 0 Å². The van der Waals surface area contributed by atoms with Gasteiger partial charge < -0.3 is 25.5 Å². The van der Waals surface area contributed by atoms with Crippen molar-refractivity contribution in [1.29, 1.82) is 0 Å². The molecule has 33 heavy (non-hydrogen) atoms. The molecule has 10 nitrogen and oxygen atoms in total. The van der Waals surface area contributed by atoms with Gasteiger partial charge in [0.1, 0.15) is 17.2 Å². The van der Waals surface area contributed by atoms with Crippen LogP contribution in [-0.2, 0) is 0 Å². The molecule has 0 heterocycles. The second kappa shape index (κ2) is 9.43. The first kappa shape index (κ1) is 22.7. The number of phenolic OH excluding ortho intramolecular Hbond substituents is 2. The molecule has 0 aromatic heterocycles. The molecule has 166 valence electrons. The summed E-state index contributed by atoms with van der Waals surface area (Å²) in [5.41, 5.74) is 0.205. The van der Waals surface area contributed by atoms with Gasteiger partial charge in [0.2, 0.25) is 0 Å². The van der Waals surface area contributed by atoms with Crippen LogP contribution < -0.4 is 0 Å². The fraction of sp³-hybridized carbons (Fsp3) is 0. The van der Waals surface area contributed by atoms with Crippen molar-refractivity contribution in [3.05, 3.63) is 82.4 Å². The first-order chi connectivity index (χ1) is 15.7. The summed E-state index contributed by atoms with van der Waals surface area (Å²) in [5, 5.41) is 54.6. The molecule has 0 saturated carbocycles. The molecule has 0 amide bonds. The summed E-state index contributed by atoms with van der Waals surface area (Å²) < 4.78 is 0. The summed E-state index contributed by atoms with van der Waals surface area (Å²) in [7, 11) is 0. The van der Waals surface area contributed by atoms with E-state index in [-0.39, 0.29) is 16.8 Å². The number of aromatic carboxylic acids is 3. The Kier molecular flexibility index (Phi) is 6.49. The Labute approximate surface area is 186 Å². The maximum atomic E-state index is 11.7. The van der Waals surface area contributed by atoms with Crippen LogP contribution in [0, 0.1) is 0 Å².